The molecule has 16 heavy (non-hydrogen) atoms. The summed E-state index contributed by atoms with van der Waals surface area (Å²) in [6.45, 7) is 1.83. The maximum Gasteiger partial charge on any atom is 0.258 e. The number of nitrogens with one attached hydrogen (secondary N) is 2. The second-order valence-corrected chi connectivity index (χ2v) is 4.69. The highest BCUT2D eigenvalue weighted by molar-refractivity contribution is 9.11. The SMILES string of the molecule is CN/C(NC(=O)c1ccccc1Cl)=C(\C)Br. The van der Waals surface area contributed by atoms with Crippen molar-refractivity contribution in [1.82, 2.24) is 10.6 Å². The molecule has 1 amide bonds. The number of halogens is 2. The molecule has 3 nitrogen and oxygen atoms in total. The van der Waals surface area contributed by atoms with E-state index in [1.54, 1.807) is 31.3 Å². The monoisotopic (exact) mass is 302 g/mol. The van der Waals surface area contributed by atoms with Gasteiger partial charge in [0.2, 0.25) is 0 Å². The van der Waals surface area contributed by atoms with E-state index in [0.29, 0.717) is 16.4 Å². The van der Waals surface area contributed by atoms with Gasteiger partial charge in [-0.15, -0.1) is 0 Å². The predicted molar refractivity (Wildman–Crippen MR) is 69.6 cm³/mol. The van der Waals surface area contributed by atoms with Gasteiger partial charge in [0.05, 0.1) is 10.6 Å². The fourth-order valence-corrected chi connectivity index (χ4v) is 1.67. The van der Waals surface area contributed by atoms with E-state index in [1.807, 2.05) is 6.92 Å². The lowest BCUT2D eigenvalue weighted by Crippen LogP contribution is -2.30. The first-order chi connectivity index (χ1) is 7.56. The third kappa shape index (κ3) is 3.25. The zero-order valence-electron chi connectivity index (χ0n) is 8.97. The first kappa shape index (κ1) is 13.1. The van der Waals surface area contributed by atoms with Crippen molar-refractivity contribution in [2.45, 2.75) is 6.92 Å². The van der Waals surface area contributed by atoms with E-state index in [1.165, 1.54) is 0 Å². The fourth-order valence-electron chi connectivity index (χ4n) is 1.15. The van der Waals surface area contributed by atoms with Crippen LogP contribution in [0.3, 0.4) is 0 Å². The first-order valence-electron chi connectivity index (χ1n) is 4.66. The average molecular weight is 304 g/mol. The molecule has 2 N–H and O–H groups in total. The Labute approximate surface area is 108 Å². The van der Waals surface area contributed by atoms with Crippen molar-refractivity contribution in [3.63, 3.8) is 0 Å². The lowest BCUT2D eigenvalue weighted by atomic mass is 10.2. The van der Waals surface area contributed by atoms with Gasteiger partial charge in [0, 0.05) is 11.5 Å². The Hall–Kier alpha value is -1.000. The maximum atomic E-state index is 11.8. The molecule has 0 saturated carbocycles. The van der Waals surface area contributed by atoms with Gasteiger partial charge in [-0.3, -0.25) is 4.79 Å². The minimum Gasteiger partial charge on any atom is -0.374 e. The molecule has 0 aliphatic heterocycles. The summed E-state index contributed by atoms with van der Waals surface area (Å²) in [5.41, 5.74) is 0.450. The molecular formula is C11H12BrClN2O. The van der Waals surface area contributed by atoms with Crippen LogP contribution in [0, 0.1) is 0 Å². The third-order valence-electron chi connectivity index (χ3n) is 1.95. The molecule has 1 aromatic carbocycles. The summed E-state index contributed by atoms with van der Waals surface area (Å²) in [4.78, 5) is 11.8. The van der Waals surface area contributed by atoms with E-state index in [9.17, 15) is 4.79 Å². The number of rotatable bonds is 3. The number of hydrogen-bond donors (Lipinski definition) is 2. The number of carbonyl (C=O) groups excluding carboxylic acids is 1. The lowest BCUT2D eigenvalue weighted by Gasteiger charge is -2.11. The molecule has 0 fully saturated rings. The van der Waals surface area contributed by atoms with Crippen molar-refractivity contribution in [3.05, 3.63) is 45.2 Å². The number of allylic oxidation sites excluding steroid dienone is 1. The van der Waals surface area contributed by atoms with Crippen LogP contribution < -0.4 is 10.6 Å². The first-order valence-corrected chi connectivity index (χ1v) is 5.83. The smallest absolute Gasteiger partial charge is 0.258 e. The summed E-state index contributed by atoms with van der Waals surface area (Å²) in [6, 6.07) is 6.91. The number of benzene rings is 1. The van der Waals surface area contributed by atoms with E-state index in [4.69, 9.17) is 11.6 Å². The van der Waals surface area contributed by atoms with E-state index in [2.05, 4.69) is 26.6 Å². The molecule has 0 bridgehead atoms. The molecule has 1 aromatic rings. The second kappa shape index (κ2) is 5.92. The predicted octanol–water partition coefficient (Wildman–Crippen LogP) is 2.87. The summed E-state index contributed by atoms with van der Waals surface area (Å²) in [6.07, 6.45) is 0. The van der Waals surface area contributed by atoms with Crippen LogP contribution in [0.25, 0.3) is 0 Å². The number of carbonyl (C=O) groups is 1. The summed E-state index contributed by atoms with van der Waals surface area (Å²) in [5, 5.41) is 6.03. The van der Waals surface area contributed by atoms with Crippen molar-refractivity contribution < 1.29 is 4.79 Å². The van der Waals surface area contributed by atoms with Crippen LogP contribution in [0.4, 0.5) is 0 Å². The number of hydrogen-bond acceptors (Lipinski definition) is 2. The van der Waals surface area contributed by atoms with Gasteiger partial charge in [-0.2, -0.15) is 0 Å². The molecule has 5 heteroatoms. The normalized spacial score (nSPS) is 11.8. The Balaban J connectivity index is 2.89. The lowest BCUT2D eigenvalue weighted by molar-refractivity contribution is 0.0963. The summed E-state index contributed by atoms with van der Waals surface area (Å²) in [7, 11) is 1.73. The van der Waals surface area contributed by atoms with Gasteiger partial charge >= 0.3 is 0 Å². The highest BCUT2D eigenvalue weighted by Crippen LogP contribution is 2.15. The molecule has 0 unspecified atom stereocenters. The van der Waals surface area contributed by atoms with Crippen LogP contribution in [-0.2, 0) is 0 Å². The highest BCUT2D eigenvalue weighted by Gasteiger charge is 2.11. The zero-order valence-corrected chi connectivity index (χ0v) is 11.3. The molecule has 0 atom stereocenters. The van der Waals surface area contributed by atoms with E-state index in [0.717, 1.165) is 4.48 Å². The Kier molecular flexibility index (Phi) is 4.83. The zero-order chi connectivity index (χ0) is 12.1. The Morgan fingerprint density at radius 1 is 1.38 bits per heavy atom. The molecular weight excluding hydrogens is 291 g/mol. The molecule has 86 valence electrons. The molecule has 0 aliphatic carbocycles. The quantitative estimate of drug-likeness (QED) is 0.901. The van der Waals surface area contributed by atoms with Gasteiger partial charge < -0.3 is 10.6 Å². The largest absolute Gasteiger partial charge is 0.374 e. The fraction of sp³-hybridized carbons (Fsp3) is 0.182. The van der Waals surface area contributed by atoms with Gasteiger partial charge in [-0.1, -0.05) is 39.7 Å². The van der Waals surface area contributed by atoms with Crippen LogP contribution in [0.15, 0.2) is 34.6 Å². The summed E-state index contributed by atoms with van der Waals surface area (Å²) >= 11 is 9.21. The molecule has 0 heterocycles. The maximum absolute atomic E-state index is 11.8. The Morgan fingerprint density at radius 3 is 2.50 bits per heavy atom. The van der Waals surface area contributed by atoms with Gasteiger partial charge in [0.15, 0.2) is 0 Å². The molecule has 0 aromatic heterocycles. The second-order valence-electron chi connectivity index (χ2n) is 3.09. The molecule has 0 radical (unpaired) electrons. The van der Waals surface area contributed by atoms with Crippen molar-refractivity contribution >= 4 is 33.4 Å². The summed E-state index contributed by atoms with van der Waals surface area (Å²) in [5.74, 6) is 0.374. The molecule has 0 saturated heterocycles. The van der Waals surface area contributed by atoms with Crippen molar-refractivity contribution in [3.8, 4) is 0 Å². The Bertz CT molecular complexity index is 428. The Morgan fingerprint density at radius 2 is 2.00 bits per heavy atom. The van der Waals surface area contributed by atoms with Crippen LogP contribution in [-0.4, -0.2) is 13.0 Å². The highest BCUT2D eigenvalue weighted by atomic mass is 79.9. The van der Waals surface area contributed by atoms with Gasteiger partial charge in [-0.05, 0) is 19.1 Å². The van der Waals surface area contributed by atoms with Crippen LogP contribution in [0.1, 0.15) is 17.3 Å². The minimum absolute atomic E-state index is 0.242. The third-order valence-corrected chi connectivity index (χ3v) is 2.68. The van der Waals surface area contributed by atoms with Gasteiger partial charge in [0.25, 0.3) is 5.91 Å². The topological polar surface area (TPSA) is 41.1 Å². The van der Waals surface area contributed by atoms with Crippen molar-refractivity contribution in [2.75, 3.05) is 7.05 Å². The van der Waals surface area contributed by atoms with Gasteiger partial charge in [-0.25, -0.2) is 0 Å². The average Bonchev–Trinajstić information content (AvgIpc) is 2.25. The van der Waals surface area contributed by atoms with Crippen molar-refractivity contribution in [1.29, 1.82) is 0 Å². The van der Waals surface area contributed by atoms with E-state index in [-0.39, 0.29) is 5.91 Å². The molecule has 1 rings (SSSR count). The van der Waals surface area contributed by atoms with Crippen molar-refractivity contribution in [2.24, 2.45) is 0 Å². The minimum atomic E-state index is -0.242. The molecule has 0 spiro atoms. The van der Waals surface area contributed by atoms with Gasteiger partial charge in [0.1, 0.15) is 5.82 Å². The van der Waals surface area contributed by atoms with Crippen LogP contribution in [0.2, 0.25) is 5.02 Å². The van der Waals surface area contributed by atoms with Crippen LogP contribution >= 0.6 is 27.5 Å². The van der Waals surface area contributed by atoms with Crippen LogP contribution in [0.5, 0.6) is 0 Å². The van der Waals surface area contributed by atoms with E-state index < -0.39 is 0 Å². The summed E-state index contributed by atoms with van der Waals surface area (Å²) < 4.78 is 0.815. The number of amides is 1. The standard InChI is InChI=1S/C11H12BrClN2O/c1-7(12)10(14-2)15-11(16)8-5-3-4-6-9(8)13/h3-6,14H,1-2H3,(H,15,16)/b10-7-. The van der Waals surface area contributed by atoms with E-state index >= 15 is 0 Å². The molecule has 0 aliphatic rings.